The van der Waals surface area contributed by atoms with E-state index in [0.29, 0.717) is 25.0 Å². The maximum absolute atomic E-state index is 12.5. The third-order valence-corrected chi connectivity index (χ3v) is 5.62. The van der Waals surface area contributed by atoms with Crippen molar-refractivity contribution < 1.29 is 9.32 Å². The smallest absolute Gasteiger partial charge is 0.223 e. The number of fused-ring (bicyclic) bond motifs is 1. The van der Waals surface area contributed by atoms with Gasteiger partial charge in [-0.3, -0.25) is 14.7 Å². The van der Waals surface area contributed by atoms with Crippen molar-refractivity contribution in [3.05, 3.63) is 47.1 Å². The number of aryl methyl sites for hydroxylation is 2. The first-order chi connectivity index (χ1) is 12.1. The van der Waals surface area contributed by atoms with Crippen molar-refractivity contribution in [3.63, 3.8) is 0 Å². The molecule has 2 aliphatic heterocycles. The minimum atomic E-state index is 0.268. The van der Waals surface area contributed by atoms with Gasteiger partial charge in [0.05, 0.1) is 5.69 Å². The third-order valence-electron chi connectivity index (χ3n) is 5.62. The van der Waals surface area contributed by atoms with Crippen LogP contribution in [0.4, 0.5) is 0 Å². The minimum absolute atomic E-state index is 0.268. The van der Waals surface area contributed by atoms with Crippen molar-refractivity contribution in [3.8, 4) is 0 Å². The number of nitrogens with zero attached hydrogens (tertiary/aromatic N) is 4. The molecule has 0 bridgehead atoms. The summed E-state index contributed by atoms with van der Waals surface area (Å²) in [6, 6.07) is 4.69. The average Bonchev–Trinajstić information content (AvgIpc) is 3.17. The van der Waals surface area contributed by atoms with Crippen molar-refractivity contribution in [1.82, 2.24) is 19.9 Å². The quantitative estimate of drug-likeness (QED) is 0.855. The van der Waals surface area contributed by atoms with Gasteiger partial charge < -0.3 is 9.42 Å². The van der Waals surface area contributed by atoms with Gasteiger partial charge in [-0.2, -0.15) is 0 Å². The minimum Gasteiger partial charge on any atom is -0.361 e. The van der Waals surface area contributed by atoms with E-state index in [2.05, 4.69) is 19.9 Å². The summed E-state index contributed by atoms with van der Waals surface area (Å²) in [7, 11) is 0. The van der Waals surface area contributed by atoms with Gasteiger partial charge >= 0.3 is 0 Å². The number of hydrogen-bond donors (Lipinski definition) is 0. The highest BCUT2D eigenvalue weighted by Crippen LogP contribution is 2.34. The van der Waals surface area contributed by atoms with E-state index in [-0.39, 0.29) is 5.91 Å². The van der Waals surface area contributed by atoms with Gasteiger partial charge in [0.15, 0.2) is 0 Å². The molecule has 2 aromatic rings. The molecule has 0 unspecified atom stereocenters. The second kappa shape index (κ2) is 6.59. The summed E-state index contributed by atoms with van der Waals surface area (Å²) in [5.74, 6) is 1.17. The Morgan fingerprint density at radius 3 is 2.84 bits per heavy atom. The number of likely N-dealkylation sites (tertiary alicyclic amines) is 2. The molecule has 2 aromatic heterocycles. The number of aromatic nitrogens is 2. The molecule has 0 N–H and O–H groups in total. The number of piperidine rings is 1. The van der Waals surface area contributed by atoms with E-state index < -0.39 is 0 Å². The highest BCUT2D eigenvalue weighted by molar-refractivity contribution is 5.77. The third kappa shape index (κ3) is 3.06. The van der Waals surface area contributed by atoms with E-state index in [1.807, 2.05) is 32.2 Å². The molecule has 0 aromatic carbocycles. The number of hydrogen-bond acceptors (Lipinski definition) is 5. The fraction of sp³-hybridized carbons (Fsp3) is 0.526. The summed E-state index contributed by atoms with van der Waals surface area (Å²) in [4.78, 5) is 21.3. The number of pyridine rings is 1. The van der Waals surface area contributed by atoms with Crippen LogP contribution >= 0.6 is 0 Å². The van der Waals surface area contributed by atoms with Crippen molar-refractivity contribution in [1.29, 1.82) is 0 Å². The largest absolute Gasteiger partial charge is 0.361 e. The lowest BCUT2D eigenvalue weighted by molar-refractivity contribution is -0.138. The van der Waals surface area contributed by atoms with Crippen molar-refractivity contribution >= 4 is 5.91 Å². The summed E-state index contributed by atoms with van der Waals surface area (Å²) in [5, 5.41) is 4.07. The van der Waals surface area contributed by atoms with Crippen LogP contribution in [0.2, 0.25) is 0 Å². The molecule has 6 heteroatoms. The normalized spacial score (nSPS) is 23.9. The van der Waals surface area contributed by atoms with Gasteiger partial charge in [-0.05, 0) is 38.3 Å². The predicted octanol–water partition coefficient (Wildman–Crippen LogP) is 2.45. The predicted molar refractivity (Wildman–Crippen MR) is 92.6 cm³/mol. The Morgan fingerprint density at radius 2 is 2.12 bits per heavy atom. The molecule has 1 amide bonds. The Morgan fingerprint density at radius 1 is 1.24 bits per heavy atom. The molecule has 6 nitrogen and oxygen atoms in total. The maximum atomic E-state index is 12.5. The molecule has 132 valence electrons. The van der Waals surface area contributed by atoms with Crippen LogP contribution in [0.5, 0.6) is 0 Å². The van der Waals surface area contributed by atoms with Crippen LogP contribution in [0, 0.1) is 13.8 Å². The molecule has 2 saturated heterocycles. The molecule has 0 spiro atoms. The molecule has 4 heterocycles. The Kier molecular flexibility index (Phi) is 4.29. The Labute approximate surface area is 147 Å². The van der Waals surface area contributed by atoms with Crippen LogP contribution in [0.1, 0.15) is 41.8 Å². The van der Waals surface area contributed by atoms with Crippen LogP contribution in [0.3, 0.4) is 0 Å². The summed E-state index contributed by atoms with van der Waals surface area (Å²) < 4.78 is 5.31. The van der Waals surface area contributed by atoms with Crippen LogP contribution in [-0.4, -0.2) is 44.5 Å². The second-order valence-electron chi connectivity index (χ2n) is 7.12. The van der Waals surface area contributed by atoms with Gasteiger partial charge in [0.25, 0.3) is 0 Å². The zero-order valence-electron chi connectivity index (χ0n) is 14.8. The first-order valence-corrected chi connectivity index (χ1v) is 8.97. The lowest BCUT2D eigenvalue weighted by Crippen LogP contribution is -2.51. The van der Waals surface area contributed by atoms with E-state index in [0.717, 1.165) is 42.9 Å². The molecule has 4 rings (SSSR count). The molecule has 0 radical (unpaired) electrons. The highest BCUT2D eigenvalue weighted by atomic mass is 16.5. The standard InChI is InChI=1S/C19H24N4O2/c1-13-16(14(2)25-21-13)12-22-9-7-18-17(22)5-6-19(24)23(18)11-15-4-3-8-20-10-15/h3-4,8,10,17-18H,5-7,9,11-12H2,1-2H3/t17-,18-/m1/s1. The molecule has 2 aliphatic rings. The number of amides is 1. The van der Waals surface area contributed by atoms with E-state index in [1.165, 1.54) is 5.56 Å². The Hall–Kier alpha value is -2.21. The van der Waals surface area contributed by atoms with Crippen molar-refractivity contribution in [2.45, 2.75) is 58.3 Å². The Balaban J connectivity index is 1.51. The molecule has 25 heavy (non-hydrogen) atoms. The molecule has 0 saturated carbocycles. The summed E-state index contributed by atoms with van der Waals surface area (Å²) in [6.07, 6.45) is 6.22. The van der Waals surface area contributed by atoms with Crippen molar-refractivity contribution in [2.75, 3.05) is 6.54 Å². The molecule has 2 atom stereocenters. The number of carbonyl (C=O) groups excluding carboxylic acids is 1. The van der Waals surface area contributed by atoms with Gasteiger partial charge in [0.1, 0.15) is 5.76 Å². The van der Waals surface area contributed by atoms with E-state index in [4.69, 9.17) is 4.52 Å². The maximum Gasteiger partial charge on any atom is 0.223 e. The SMILES string of the molecule is Cc1noc(C)c1CN1CC[C@@H]2[C@H]1CCC(=O)N2Cc1cccnc1. The number of rotatable bonds is 4. The molecule has 2 fully saturated rings. The summed E-state index contributed by atoms with van der Waals surface area (Å²) in [5.41, 5.74) is 3.26. The molecule has 0 aliphatic carbocycles. The number of carbonyl (C=O) groups is 1. The monoisotopic (exact) mass is 340 g/mol. The Bertz CT molecular complexity index is 739. The van der Waals surface area contributed by atoms with Crippen LogP contribution in [0.15, 0.2) is 29.0 Å². The second-order valence-corrected chi connectivity index (χ2v) is 7.12. The van der Waals surface area contributed by atoms with Gasteiger partial charge in [-0.15, -0.1) is 0 Å². The lowest BCUT2D eigenvalue weighted by Gasteiger charge is -2.40. The van der Waals surface area contributed by atoms with E-state index in [9.17, 15) is 4.79 Å². The topological polar surface area (TPSA) is 62.5 Å². The van der Waals surface area contributed by atoms with E-state index in [1.54, 1.807) is 6.20 Å². The summed E-state index contributed by atoms with van der Waals surface area (Å²) in [6.45, 7) is 6.50. The first-order valence-electron chi connectivity index (χ1n) is 8.97. The van der Waals surface area contributed by atoms with Gasteiger partial charge in [-0.25, -0.2) is 0 Å². The van der Waals surface area contributed by atoms with Crippen molar-refractivity contribution in [2.24, 2.45) is 0 Å². The average molecular weight is 340 g/mol. The van der Waals surface area contributed by atoms with Gasteiger partial charge in [0.2, 0.25) is 5.91 Å². The van der Waals surface area contributed by atoms with Crippen LogP contribution < -0.4 is 0 Å². The molecular formula is C19H24N4O2. The van der Waals surface area contributed by atoms with Gasteiger partial charge in [0, 0.05) is 56.1 Å². The highest BCUT2D eigenvalue weighted by Gasteiger charge is 2.43. The first kappa shape index (κ1) is 16.3. The fourth-order valence-corrected chi connectivity index (χ4v) is 4.26. The van der Waals surface area contributed by atoms with Crippen LogP contribution in [0.25, 0.3) is 0 Å². The fourth-order valence-electron chi connectivity index (χ4n) is 4.26. The van der Waals surface area contributed by atoms with Gasteiger partial charge in [-0.1, -0.05) is 11.2 Å². The van der Waals surface area contributed by atoms with Crippen LogP contribution in [-0.2, 0) is 17.9 Å². The zero-order chi connectivity index (χ0) is 17.4. The summed E-state index contributed by atoms with van der Waals surface area (Å²) >= 11 is 0. The van der Waals surface area contributed by atoms with E-state index >= 15 is 0 Å². The zero-order valence-corrected chi connectivity index (χ0v) is 14.8. The lowest BCUT2D eigenvalue weighted by atomic mass is 9.95. The molecular weight excluding hydrogens is 316 g/mol.